The van der Waals surface area contributed by atoms with Gasteiger partial charge in [-0.3, -0.25) is 19.1 Å². The number of benzene rings is 1. The molecule has 0 aliphatic carbocycles. The van der Waals surface area contributed by atoms with Gasteiger partial charge in [-0.15, -0.1) is 0 Å². The number of anilines is 1. The fourth-order valence-electron chi connectivity index (χ4n) is 4.01. The highest BCUT2D eigenvalue weighted by molar-refractivity contribution is 6.11. The second-order valence-corrected chi connectivity index (χ2v) is 9.48. The Kier molecular flexibility index (Phi) is 6.68. The molecular formula is C26H30N6O3. The van der Waals surface area contributed by atoms with Gasteiger partial charge in [0.25, 0.3) is 11.5 Å². The molecule has 0 bridgehead atoms. The van der Waals surface area contributed by atoms with E-state index in [0.29, 0.717) is 24.6 Å². The normalized spacial score (nSPS) is 11.5. The van der Waals surface area contributed by atoms with E-state index in [0.717, 1.165) is 11.3 Å². The lowest BCUT2D eigenvalue weighted by Gasteiger charge is -2.16. The number of carbonyl (C=O) groups is 1. The Hall–Kier alpha value is -4.01. The molecule has 0 fully saturated rings. The Morgan fingerprint density at radius 3 is 2.46 bits per heavy atom. The first-order valence-corrected chi connectivity index (χ1v) is 11.7. The third-order valence-electron chi connectivity index (χ3n) is 5.67. The molecule has 3 heterocycles. The van der Waals surface area contributed by atoms with E-state index in [1.54, 1.807) is 16.8 Å². The summed E-state index contributed by atoms with van der Waals surface area (Å²) in [5, 5.41) is 7.53. The van der Waals surface area contributed by atoms with E-state index in [9.17, 15) is 14.4 Å². The average molecular weight is 475 g/mol. The highest BCUT2D eigenvalue weighted by atomic mass is 16.2. The highest BCUT2D eigenvalue weighted by Gasteiger charge is 2.22. The summed E-state index contributed by atoms with van der Waals surface area (Å²) in [6, 6.07) is 13.2. The minimum atomic E-state index is -0.632. The quantitative estimate of drug-likeness (QED) is 0.424. The summed E-state index contributed by atoms with van der Waals surface area (Å²) in [7, 11) is 0. The number of pyridine rings is 1. The minimum Gasteiger partial charge on any atom is -0.307 e. The van der Waals surface area contributed by atoms with Crippen molar-refractivity contribution >= 4 is 22.8 Å². The Morgan fingerprint density at radius 1 is 1.09 bits per heavy atom. The van der Waals surface area contributed by atoms with E-state index in [1.807, 2.05) is 65.0 Å². The Labute approximate surface area is 202 Å². The van der Waals surface area contributed by atoms with Gasteiger partial charge in [0, 0.05) is 18.3 Å². The standard InChI is InChI=1S/C26H30N6O3/c1-15(2)13-31-23-22(25(34)29-26(31)35)19(12-20(27-23)16(3)4)24(33)28-21-11-17(5)30-32(21)14-18-9-7-6-8-10-18/h6-12,15-16H,13-14H2,1-5H3,(H,28,33)(H,29,34,35). The zero-order chi connectivity index (χ0) is 25.3. The van der Waals surface area contributed by atoms with Crippen LogP contribution in [0.3, 0.4) is 0 Å². The number of nitrogens with zero attached hydrogens (tertiary/aromatic N) is 4. The maximum atomic E-state index is 13.6. The molecule has 0 saturated heterocycles. The molecule has 9 nitrogen and oxygen atoms in total. The lowest BCUT2D eigenvalue weighted by Crippen LogP contribution is -2.33. The zero-order valence-corrected chi connectivity index (χ0v) is 20.6. The van der Waals surface area contributed by atoms with Crippen LogP contribution >= 0.6 is 0 Å². The molecule has 0 spiro atoms. The maximum absolute atomic E-state index is 13.6. The van der Waals surface area contributed by atoms with Crippen LogP contribution in [-0.4, -0.2) is 30.2 Å². The molecule has 9 heteroatoms. The van der Waals surface area contributed by atoms with E-state index in [4.69, 9.17) is 0 Å². The number of hydrogen-bond acceptors (Lipinski definition) is 5. The molecule has 2 N–H and O–H groups in total. The molecule has 0 atom stereocenters. The molecule has 1 amide bonds. The van der Waals surface area contributed by atoms with Gasteiger partial charge in [-0.1, -0.05) is 58.0 Å². The molecule has 0 unspecified atom stereocenters. The summed E-state index contributed by atoms with van der Waals surface area (Å²) in [4.78, 5) is 46.1. The highest BCUT2D eigenvalue weighted by Crippen LogP contribution is 2.22. The molecule has 0 saturated carbocycles. The van der Waals surface area contributed by atoms with Crippen LogP contribution in [0, 0.1) is 12.8 Å². The van der Waals surface area contributed by atoms with Crippen LogP contribution in [0.5, 0.6) is 0 Å². The van der Waals surface area contributed by atoms with E-state index in [-0.39, 0.29) is 28.4 Å². The largest absolute Gasteiger partial charge is 0.330 e. The van der Waals surface area contributed by atoms with E-state index < -0.39 is 17.2 Å². The summed E-state index contributed by atoms with van der Waals surface area (Å²) in [5.74, 6) is 0.172. The van der Waals surface area contributed by atoms with Gasteiger partial charge < -0.3 is 5.32 Å². The number of nitrogens with one attached hydrogen (secondary N) is 2. The number of fused-ring (bicyclic) bond motifs is 1. The van der Waals surface area contributed by atoms with E-state index >= 15 is 0 Å². The van der Waals surface area contributed by atoms with Crippen LogP contribution in [0.25, 0.3) is 11.0 Å². The Balaban J connectivity index is 1.82. The number of aryl methyl sites for hydroxylation is 1. The summed E-state index contributed by atoms with van der Waals surface area (Å²) < 4.78 is 3.15. The number of rotatable bonds is 7. The summed E-state index contributed by atoms with van der Waals surface area (Å²) in [6.45, 7) is 10.5. The first-order chi connectivity index (χ1) is 16.6. The SMILES string of the molecule is Cc1cc(NC(=O)c2cc(C(C)C)nc3c2c(=O)[nH]c(=O)n3CC(C)C)n(Cc2ccccc2)n1. The molecule has 35 heavy (non-hydrogen) atoms. The molecule has 0 aliphatic rings. The third kappa shape index (κ3) is 5.08. The molecule has 1 aromatic carbocycles. The molecule has 4 aromatic rings. The van der Waals surface area contributed by atoms with Crippen LogP contribution in [0.2, 0.25) is 0 Å². The van der Waals surface area contributed by atoms with Crippen LogP contribution in [0.1, 0.15) is 60.9 Å². The van der Waals surface area contributed by atoms with Gasteiger partial charge in [0.1, 0.15) is 5.82 Å². The van der Waals surface area contributed by atoms with Crippen molar-refractivity contribution in [3.05, 3.63) is 85.8 Å². The molecule has 182 valence electrons. The summed E-state index contributed by atoms with van der Waals surface area (Å²) >= 11 is 0. The van der Waals surface area contributed by atoms with Gasteiger partial charge in [-0.2, -0.15) is 5.10 Å². The van der Waals surface area contributed by atoms with E-state index in [1.165, 1.54) is 4.57 Å². The van der Waals surface area contributed by atoms with Crippen molar-refractivity contribution < 1.29 is 4.79 Å². The second kappa shape index (κ2) is 9.69. The average Bonchev–Trinajstić information content (AvgIpc) is 3.14. The summed E-state index contributed by atoms with van der Waals surface area (Å²) in [5.41, 5.74) is 1.64. The lowest BCUT2D eigenvalue weighted by molar-refractivity contribution is 0.102. The van der Waals surface area contributed by atoms with Crippen molar-refractivity contribution in [2.24, 2.45) is 5.92 Å². The first-order valence-electron chi connectivity index (χ1n) is 11.7. The van der Waals surface area contributed by atoms with Crippen molar-refractivity contribution in [3.63, 3.8) is 0 Å². The molecule has 4 rings (SSSR count). The monoisotopic (exact) mass is 474 g/mol. The maximum Gasteiger partial charge on any atom is 0.330 e. The van der Waals surface area contributed by atoms with Crippen LogP contribution in [0.4, 0.5) is 5.82 Å². The van der Waals surface area contributed by atoms with Gasteiger partial charge in [0.2, 0.25) is 0 Å². The topological polar surface area (TPSA) is 115 Å². The Morgan fingerprint density at radius 2 is 1.80 bits per heavy atom. The number of aromatic nitrogens is 5. The number of aromatic amines is 1. The second-order valence-electron chi connectivity index (χ2n) is 9.48. The van der Waals surface area contributed by atoms with Crippen molar-refractivity contribution in [2.45, 2.75) is 53.6 Å². The molecule has 0 aliphatic heterocycles. The lowest BCUT2D eigenvalue weighted by atomic mass is 10.0. The number of hydrogen-bond donors (Lipinski definition) is 2. The predicted molar refractivity (Wildman–Crippen MR) is 136 cm³/mol. The van der Waals surface area contributed by atoms with Gasteiger partial charge in [0.05, 0.1) is 23.2 Å². The van der Waals surface area contributed by atoms with Gasteiger partial charge >= 0.3 is 5.69 Å². The smallest absolute Gasteiger partial charge is 0.307 e. The van der Waals surface area contributed by atoms with Crippen molar-refractivity contribution in [1.82, 2.24) is 24.3 Å². The first kappa shape index (κ1) is 24.1. The fraction of sp³-hybridized carbons (Fsp3) is 0.346. The molecule has 3 aromatic heterocycles. The van der Waals surface area contributed by atoms with Crippen molar-refractivity contribution in [3.8, 4) is 0 Å². The number of carbonyl (C=O) groups excluding carboxylic acids is 1. The van der Waals surface area contributed by atoms with Crippen molar-refractivity contribution in [2.75, 3.05) is 5.32 Å². The van der Waals surface area contributed by atoms with Gasteiger partial charge in [-0.25, -0.2) is 14.5 Å². The van der Waals surface area contributed by atoms with Crippen molar-refractivity contribution in [1.29, 1.82) is 0 Å². The van der Waals surface area contributed by atoms with E-state index in [2.05, 4.69) is 20.4 Å². The van der Waals surface area contributed by atoms with Crippen LogP contribution in [0.15, 0.2) is 52.1 Å². The van der Waals surface area contributed by atoms with Gasteiger partial charge in [-0.05, 0) is 30.4 Å². The van der Waals surface area contributed by atoms with Crippen LogP contribution < -0.4 is 16.6 Å². The predicted octanol–water partition coefficient (Wildman–Crippen LogP) is 3.67. The number of amides is 1. The zero-order valence-electron chi connectivity index (χ0n) is 20.6. The number of H-pyrrole nitrogens is 1. The molecule has 0 radical (unpaired) electrons. The Bertz CT molecular complexity index is 1500. The minimum absolute atomic E-state index is 0.0151. The van der Waals surface area contributed by atoms with Gasteiger partial charge in [0.15, 0.2) is 5.65 Å². The van der Waals surface area contributed by atoms with Crippen LogP contribution in [-0.2, 0) is 13.1 Å². The third-order valence-corrected chi connectivity index (χ3v) is 5.67. The fourth-order valence-corrected chi connectivity index (χ4v) is 4.01. The summed E-state index contributed by atoms with van der Waals surface area (Å²) in [6.07, 6.45) is 0. The molecular weight excluding hydrogens is 444 g/mol.